The molecular weight excluding hydrogens is 456 g/mol. The van der Waals surface area contributed by atoms with E-state index in [1.165, 1.54) is 4.68 Å². The minimum Gasteiger partial charge on any atom is -0.478 e. The Bertz CT molecular complexity index is 1210. The van der Waals surface area contributed by atoms with Crippen molar-refractivity contribution >= 4 is 28.9 Å². The minimum absolute atomic E-state index is 0.0550. The maximum absolute atomic E-state index is 12.3. The van der Waals surface area contributed by atoms with Gasteiger partial charge in [-0.05, 0) is 63.8 Å². The zero-order valence-corrected chi connectivity index (χ0v) is 22.4. The van der Waals surface area contributed by atoms with Crippen LogP contribution in [-0.2, 0) is 7.05 Å². The number of hydrogen-bond donors (Lipinski definition) is 2. The number of carboxylic acid groups (broad SMARTS) is 1. The van der Waals surface area contributed by atoms with E-state index in [9.17, 15) is 9.59 Å². The summed E-state index contributed by atoms with van der Waals surface area (Å²) in [4.78, 5) is 33.5. The topological polar surface area (TPSA) is 113 Å². The normalized spacial score (nSPS) is 12.6. The number of aromatic nitrogens is 3. The van der Waals surface area contributed by atoms with Gasteiger partial charge < -0.3 is 15.3 Å². The Labute approximate surface area is 213 Å². The highest BCUT2D eigenvalue weighted by molar-refractivity contribution is 5.88. The molecule has 0 radical (unpaired) electrons. The summed E-state index contributed by atoms with van der Waals surface area (Å²) in [6.45, 7) is 7.97. The van der Waals surface area contributed by atoms with E-state index in [-0.39, 0.29) is 23.2 Å². The van der Waals surface area contributed by atoms with E-state index < -0.39 is 5.97 Å². The molecule has 0 spiro atoms. The van der Waals surface area contributed by atoms with Gasteiger partial charge in [0, 0.05) is 32.5 Å². The van der Waals surface area contributed by atoms with Gasteiger partial charge in [-0.15, -0.1) is 0 Å². The molecule has 1 aromatic carbocycles. The van der Waals surface area contributed by atoms with Crippen LogP contribution in [-0.4, -0.2) is 64.1 Å². The molecule has 2 atom stereocenters. The van der Waals surface area contributed by atoms with Gasteiger partial charge >= 0.3 is 5.97 Å². The van der Waals surface area contributed by atoms with Gasteiger partial charge in [0.2, 0.25) is 0 Å². The van der Waals surface area contributed by atoms with Gasteiger partial charge in [0.25, 0.3) is 5.56 Å². The number of likely N-dealkylation sites (N-methyl/N-ethyl adjacent to an activating group) is 1. The summed E-state index contributed by atoms with van der Waals surface area (Å²) in [5.41, 5.74) is 1.54. The van der Waals surface area contributed by atoms with Crippen molar-refractivity contribution in [3.05, 3.63) is 76.2 Å². The molecule has 0 aliphatic heterocycles. The number of carbonyl (C=O) groups is 1. The molecule has 1 unspecified atom stereocenters. The molecule has 0 saturated carbocycles. The van der Waals surface area contributed by atoms with Crippen molar-refractivity contribution in [2.45, 2.75) is 39.8 Å². The highest BCUT2D eigenvalue weighted by Gasteiger charge is 2.23. The standard InChI is InChI=1S/C20H23N5O3.C5H9N.C2H6/c1-12(17(24(2)3)13-7-9-14(10-8-13)20(27)28)22-18-16-15(6-5-11-21-16)19(26)25(4)23-18;1-3-4-5-6-2;1-2/h5-12,17H,1-4H3,(H,22,23)(H,27,28);3-5H,1-2H3;1-2H3/b;4-3-,6-5?;/t12-,17?;;/m0../s1. The van der Waals surface area contributed by atoms with Crippen LogP contribution in [0.25, 0.3) is 10.9 Å². The van der Waals surface area contributed by atoms with Crippen LogP contribution in [0.3, 0.4) is 0 Å². The van der Waals surface area contributed by atoms with Crippen LogP contribution in [0.4, 0.5) is 5.82 Å². The number of anilines is 1. The number of benzene rings is 1. The Morgan fingerprint density at radius 1 is 1.19 bits per heavy atom. The van der Waals surface area contributed by atoms with Gasteiger partial charge in [0.1, 0.15) is 5.52 Å². The van der Waals surface area contributed by atoms with E-state index in [0.717, 1.165) is 5.56 Å². The van der Waals surface area contributed by atoms with Crippen LogP contribution >= 0.6 is 0 Å². The molecule has 194 valence electrons. The van der Waals surface area contributed by atoms with Crippen LogP contribution in [0.15, 0.2) is 64.5 Å². The maximum atomic E-state index is 12.3. The van der Waals surface area contributed by atoms with Gasteiger partial charge in [-0.25, -0.2) is 9.48 Å². The summed E-state index contributed by atoms with van der Waals surface area (Å²) in [6, 6.07) is 10.1. The Hall–Kier alpha value is -3.85. The summed E-state index contributed by atoms with van der Waals surface area (Å²) in [5, 5.41) is 17.3. The van der Waals surface area contributed by atoms with E-state index in [0.29, 0.717) is 16.7 Å². The van der Waals surface area contributed by atoms with Gasteiger partial charge in [0.15, 0.2) is 5.82 Å². The molecule has 2 aromatic heterocycles. The number of carboxylic acids is 1. The molecule has 0 bridgehead atoms. The number of rotatable bonds is 7. The molecule has 36 heavy (non-hydrogen) atoms. The van der Waals surface area contributed by atoms with Crippen LogP contribution in [0.5, 0.6) is 0 Å². The maximum Gasteiger partial charge on any atom is 0.335 e. The summed E-state index contributed by atoms with van der Waals surface area (Å²) < 4.78 is 1.30. The fourth-order valence-electron chi connectivity index (χ4n) is 3.60. The molecule has 9 heteroatoms. The number of fused-ring (bicyclic) bond motifs is 1. The molecule has 9 nitrogen and oxygen atoms in total. The molecule has 3 rings (SSSR count). The second kappa shape index (κ2) is 15.2. The second-order valence-electron chi connectivity index (χ2n) is 7.88. The Morgan fingerprint density at radius 3 is 2.33 bits per heavy atom. The number of pyridine rings is 1. The zero-order chi connectivity index (χ0) is 27.3. The SMILES string of the molecule is C/C=C\C=NC.CC.C[C@H](Nc1nn(C)c(=O)c2cccnc12)C(c1ccc(C(=O)O)cc1)N(C)C. The summed E-state index contributed by atoms with van der Waals surface area (Å²) in [5.74, 6) is -0.426. The van der Waals surface area contributed by atoms with Crippen molar-refractivity contribution in [3.63, 3.8) is 0 Å². The van der Waals surface area contributed by atoms with E-state index in [2.05, 4.69) is 20.4 Å². The third kappa shape index (κ3) is 8.13. The molecule has 0 amide bonds. The lowest BCUT2D eigenvalue weighted by Crippen LogP contribution is -2.35. The van der Waals surface area contributed by atoms with Crippen LogP contribution < -0.4 is 10.9 Å². The lowest BCUT2D eigenvalue weighted by Gasteiger charge is -2.31. The quantitative estimate of drug-likeness (QED) is 0.468. The lowest BCUT2D eigenvalue weighted by molar-refractivity contribution is 0.0697. The molecule has 0 aliphatic rings. The number of aromatic carboxylic acids is 1. The first kappa shape index (κ1) is 30.2. The lowest BCUT2D eigenvalue weighted by atomic mass is 9.98. The first-order valence-electron chi connectivity index (χ1n) is 11.8. The number of nitrogens with zero attached hydrogens (tertiary/aromatic N) is 5. The second-order valence-corrected chi connectivity index (χ2v) is 7.88. The fraction of sp³-hybridized carbons (Fsp3) is 0.370. The summed E-state index contributed by atoms with van der Waals surface area (Å²) in [7, 11) is 7.27. The Kier molecular flexibility index (Phi) is 12.7. The number of hydrogen-bond acceptors (Lipinski definition) is 7. The smallest absolute Gasteiger partial charge is 0.335 e. The van der Waals surface area contributed by atoms with Crippen molar-refractivity contribution < 1.29 is 9.90 Å². The van der Waals surface area contributed by atoms with E-state index >= 15 is 0 Å². The first-order chi connectivity index (χ1) is 17.2. The fourth-order valence-corrected chi connectivity index (χ4v) is 3.60. The largest absolute Gasteiger partial charge is 0.478 e. The Balaban J connectivity index is 0.000000710. The molecule has 2 N–H and O–H groups in total. The minimum atomic E-state index is -0.953. The molecule has 2 heterocycles. The third-order valence-corrected chi connectivity index (χ3v) is 5.13. The third-order valence-electron chi connectivity index (χ3n) is 5.13. The van der Waals surface area contributed by atoms with E-state index in [1.54, 1.807) is 50.8 Å². The van der Waals surface area contributed by atoms with Gasteiger partial charge in [-0.2, -0.15) is 5.10 Å². The van der Waals surface area contributed by atoms with Crippen LogP contribution in [0, 0.1) is 0 Å². The highest BCUT2D eigenvalue weighted by atomic mass is 16.4. The molecule has 0 fully saturated rings. The van der Waals surface area contributed by atoms with E-state index in [4.69, 9.17) is 5.11 Å². The number of aliphatic imine (C=N–C) groups is 1. The van der Waals surface area contributed by atoms with Crippen LogP contribution in [0.2, 0.25) is 0 Å². The predicted octanol–water partition coefficient (Wildman–Crippen LogP) is 4.42. The van der Waals surface area contributed by atoms with E-state index in [1.807, 2.05) is 71.0 Å². The Morgan fingerprint density at radius 2 is 1.83 bits per heavy atom. The monoisotopic (exact) mass is 494 g/mol. The predicted molar refractivity (Wildman–Crippen MR) is 148 cm³/mol. The number of aryl methyl sites for hydroxylation is 1. The van der Waals surface area contributed by atoms with Crippen molar-refractivity contribution in [1.82, 2.24) is 19.7 Å². The van der Waals surface area contributed by atoms with Gasteiger partial charge in [-0.1, -0.05) is 32.1 Å². The molecular formula is C27H38N6O3. The average molecular weight is 495 g/mol. The molecule has 0 saturated heterocycles. The van der Waals surface area contributed by atoms with Crippen molar-refractivity contribution in [3.8, 4) is 0 Å². The van der Waals surface area contributed by atoms with Crippen molar-refractivity contribution in [1.29, 1.82) is 0 Å². The number of nitrogens with one attached hydrogen (secondary N) is 1. The summed E-state index contributed by atoms with van der Waals surface area (Å²) >= 11 is 0. The molecule has 0 aliphatic carbocycles. The molecule has 3 aromatic rings. The van der Waals surface area contributed by atoms with Crippen molar-refractivity contribution in [2.75, 3.05) is 26.5 Å². The van der Waals surface area contributed by atoms with Gasteiger partial charge in [-0.3, -0.25) is 14.8 Å². The summed E-state index contributed by atoms with van der Waals surface area (Å²) in [6.07, 6.45) is 7.21. The number of allylic oxidation sites excluding steroid dienone is 2. The zero-order valence-electron chi connectivity index (χ0n) is 22.4. The first-order valence-corrected chi connectivity index (χ1v) is 11.8. The van der Waals surface area contributed by atoms with Crippen molar-refractivity contribution in [2.24, 2.45) is 12.0 Å². The highest BCUT2D eigenvalue weighted by Crippen LogP contribution is 2.26. The average Bonchev–Trinajstić information content (AvgIpc) is 2.87. The van der Waals surface area contributed by atoms with Gasteiger partial charge in [0.05, 0.1) is 17.0 Å². The van der Waals surface area contributed by atoms with Crippen LogP contribution in [0.1, 0.15) is 49.7 Å².